The van der Waals surface area contributed by atoms with E-state index in [4.69, 9.17) is 11.6 Å². The average Bonchev–Trinajstić information content (AvgIpc) is 2.18. The third-order valence-electron chi connectivity index (χ3n) is 2.26. The first kappa shape index (κ1) is 9.94. The molecule has 1 nitrogen and oxygen atoms in total. The zero-order valence-corrected chi connectivity index (χ0v) is 10.1. The van der Waals surface area contributed by atoms with Crippen molar-refractivity contribution in [1.82, 2.24) is 4.98 Å². The lowest BCUT2D eigenvalue weighted by Crippen LogP contribution is -1.87. The van der Waals surface area contributed by atoms with Crippen molar-refractivity contribution in [2.45, 2.75) is 13.3 Å². The summed E-state index contributed by atoms with van der Waals surface area (Å²) in [5.41, 5.74) is 1.23. The maximum absolute atomic E-state index is 6.01. The van der Waals surface area contributed by atoms with E-state index in [-0.39, 0.29) is 0 Å². The van der Waals surface area contributed by atoms with Crippen molar-refractivity contribution in [3.63, 3.8) is 0 Å². The van der Waals surface area contributed by atoms with E-state index in [0.717, 1.165) is 16.3 Å². The number of nitrogens with zero attached hydrogens (tertiary/aromatic N) is 1. The molecule has 0 bridgehead atoms. The molecule has 0 amide bonds. The van der Waals surface area contributed by atoms with Crippen LogP contribution in [-0.4, -0.2) is 4.98 Å². The molecule has 1 heterocycles. The molecule has 0 saturated carbocycles. The minimum Gasteiger partial charge on any atom is -0.244 e. The van der Waals surface area contributed by atoms with Crippen LogP contribution in [0.4, 0.5) is 0 Å². The third kappa shape index (κ3) is 1.64. The van der Waals surface area contributed by atoms with Gasteiger partial charge in [-0.1, -0.05) is 40.5 Å². The molecule has 2 aromatic rings. The molecule has 0 aliphatic rings. The summed E-state index contributed by atoms with van der Waals surface area (Å²) in [6.45, 7) is 2.12. The number of hydrogen-bond acceptors (Lipinski definition) is 1. The highest BCUT2D eigenvalue weighted by Gasteiger charge is 2.04. The molecule has 3 heteroatoms. The number of hydrogen-bond donors (Lipinski definition) is 0. The number of aryl methyl sites for hydroxylation is 1. The molecule has 0 saturated heterocycles. The van der Waals surface area contributed by atoms with E-state index >= 15 is 0 Å². The van der Waals surface area contributed by atoms with Crippen LogP contribution < -0.4 is 0 Å². The second-order valence-electron chi connectivity index (χ2n) is 3.12. The van der Waals surface area contributed by atoms with E-state index < -0.39 is 0 Å². The molecular formula is C11H9BrClN. The van der Waals surface area contributed by atoms with Crippen LogP contribution in [0, 0.1) is 0 Å². The number of aromatic nitrogens is 1. The summed E-state index contributed by atoms with van der Waals surface area (Å²) in [5.74, 6) is 0. The molecule has 1 aromatic heterocycles. The molecule has 72 valence electrons. The molecule has 2 rings (SSSR count). The summed E-state index contributed by atoms with van der Waals surface area (Å²) < 4.78 is 1.07. The van der Waals surface area contributed by atoms with Crippen LogP contribution in [0.3, 0.4) is 0 Å². The van der Waals surface area contributed by atoms with Crippen LogP contribution in [0.25, 0.3) is 10.8 Å². The molecular weight excluding hydrogens is 261 g/mol. The zero-order chi connectivity index (χ0) is 10.1. The van der Waals surface area contributed by atoms with Crippen molar-refractivity contribution < 1.29 is 0 Å². The average molecular weight is 271 g/mol. The van der Waals surface area contributed by atoms with Crippen molar-refractivity contribution in [2.24, 2.45) is 0 Å². The topological polar surface area (TPSA) is 12.9 Å². The fraction of sp³-hybridized carbons (Fsp3) is 0.182. The molecule has 0 aliphatic carbocycles. The number of rotatable bonds is 1. The van der Waals surface area contributed by atoms with Gasteiger partial charge in [0.15, 0.2) is 0 Å². The quantitative estimate of drug-likeness (QED) is 0.707. The first-order valence-electron chi connectivity index (χ1n) is 4.45. The first-order valence-corrected chi connectivity index (χ1v) is 5.62. The number of fused-ring (bicyclic) bond motifs is 1. The van der Waals surface area contributed by atoms with Gasteiger partial charge in [0.2, 0.25) is 0 Å². The maximum Gasteiger partial charge on any atom is 0.136 e. The van der Waals surface area contributed by atoms with Gasteiger partial charge in [-0.2, -0.15) is 0 Å². The Morgan fingerprint density at radius 3 is 2.86 bits per heavy atom. The highest BCUT2D eigenvalue weighted by atomic mass is 79.9. The molecule has 14 heavy (non-hydrogen) atoms. The van der Waals surface area contributed by atoms with E-state index in [1.54, 1.807) is 0 Å². The normalized spacial score (nSPS) is 10.8. The molecule has 0 fully saturated rings. The van der Waals surface area contributed by atoms with E-state index in [2.05, 4.69) is 33.9 Å². The van der Waals surface area contributed by atoms with Gasteiger partial charge >= 0.3 is 0 Å². The van der Waals surface area contributed by atoms with Gasteiger partial charge in [-0.15, -0.1) is 0 Å². The fourth-order valence-electron chi connectivity index (χ4n) is 1.52. The maximum atomic E-state index is 6.01. The Labute approximate surface area is 96.2 Å². The second kappa shape index (κ2) is 3.87. The summed E-state index contributed by atoms with van der Waals surface area (Å²) >= 11 is 9.47. The van der Waals surface area contributed by atoms with Gasteiger partial charge in [-0.25, -0.2) is 4.98 Å². The minimum absolute atomic E-state index is 0.574. The number of halogens is 2. The Kier molecular flexibility index (Phi) is 2.75. The molecule has 0 aliphatic heterocycles. The fourth-order valence-corrected chi connectivity index (χ4v) is 2.09. The Bertz CT molecular complexity index is 482. The Hall–Kier alpha value is -0.600. The highest BCUT2D eigenvalue weighted by Crippen LogP contribution is 2.27. The monoisotopic (exact) mass is 269 g/mol. The van der Waals surface area contributed by atoms with Crippen molar-refractivity contribution in [3.05, 3.63) is 39.6 Å². The molecule has 0 unspecified atom stereocenters. The third-order valence-corrected chi connectivity index (χ3v) is 3.06. The first-order chi connectivity index (χ1) is 6.72. The van der Waals surface area contributed by atoms with E-state index in [1.165, 1.54) is 10.9 Å². The Balaban J connectivity index is 2.85. The van der Waals surface area contributed by atoms with Gasteiger partial charge in [0, 0.05) is 16.1 Å². The lowest BCUT2D eigenvalue weighted by Gasteiger charge is -2.05. The van der Waals surface area contributed by atoms with Crippen LogP contribution in [-0.2, 0) is 6.42 Å². The minimum atomic E-state index is 0.574. The van der Waals surface area contributed by atoms with Gasteiger partial charge in [0.1, 0.15) is 5.15 Å². The Morgan fingerprint density at radius 1 is 1.36 bits per heavy atom. The predicted molar refractivity (Wildman–Crippen MR) is 63.8 cm³/mol. The lowest BCUT2D eigenvalue weighted by atomic mass is 10.1. The van der Waals surface area contributed by atoms with Crippen molar-refractivity contribution in [1.29, 1.82) is 0 Å². The molecule has 0 atom stereocenters. The number of benzene rings is 1. The summed E-state index contributed by atoms with van der Waals surface area (Å²) in [6, 6.07) is 6.06. The number of pyridine rings is 1. The summed E-state index contributed by atoms with van der Waals surface area (Å²) in [5, 5.41) is 2.78. The second-order valence-corrected chi connectivity index (χ2v) is 4.39. The van der Waals surface area contributed by atoms with Crippen molar-refractivity contribution in [2.75, 3.05) is 0 Å². The van der Waals surface area contributed by atoms with Gasteiger partial charge in [0.25, 0.3) is 0 Å². The van der Waals surface area contributed by atoms with Crippen LogP contribution in [0.5, 0.6) is 0 Å². The molecule has 1 aromatic carbocycles. The summed E-state index contributed by atoms with van der Waals surface area (Å²) in [6.07, 6.45) is 2.81. The van der Waals surface area contributed by atoms with Gasteiger partial charge in [0.05, 0.1) is 0 Å². The molecule has 0 radical (unpaired) electrons. The van der Waals surface area contributed by atoms with Gasteiger partial charge < -0.3 is 0 Å². The van der Waals surface area contributed by atoms with Crippen LogP contribution in [0.1, 0.15) is 12.5 Å². The van der Waals surface area contributed by atoms with E-state index in [9.17, 15) is 0 Å². The van der Waals surface area contributed by atoms with Crippen LogP contribution in [0.2, 0.25) is 5.15 Å². The van der Waals surface area contributed by atoms with E-state index in [0.29, 0.717) is 5.15 Å². The molecule has 0 spiro atoms. The van der Waals surface area contributed by atoms with Gasteiger partial charge in [-0.05, 0) is 29.5 Å². The standard InChI is InChI=1S/C11H9BrClN/c1-2-7-6-14-11(13)9-4-3-8(12)5-10(7)9/h3-6H,2H2,1H3. The smallest absolute Gasteiger partial charge is 0.136 e. The highest BCUT2D eigenvalue weighted by molar-refractivity contribution is 9.10. The van der Waals surface area contributed by atoms with E-state index in [1.807, 2.05) is 18.3 Å². The summed E-state index contributed by atoms with van der Waals surface area (Å²) in [4.78, 5) is 4.16. The largest absolute Gasteiger partial charge is 0.244 e. The SMILES string of the molecule is CCc1cnc(Cl)c2ccc(Br)cc12. The summed E-state index contributed by atoms with van der Waals surface area (Å²) in [7, 11) is 0. The van der Waals surface area contributed by atoms with Crippen molar-refractivity contribution in [3.8, 4) is 0 Å². The lowest BCUT2D eigenvalue weighted by molar-refractivity contribution is 1.13. The zero-order valence-electron chi connectivity index (χ0n) is 7.72. The van der Waals surface area contributed by atoms with Crippen molar-refractivity contribution >= 4 is 38.3 Å². The molecule has 0 N–H and O–H groups in total. The van der Waals surface area contributed by atoms with Crippen LogP contribution >= 0.6 is 27.5 Å². The van der Waals surface area contributed by atoms with Gasteiger partial charge in [-0.3, -0.25) is 0 Å². The Morgan fingerprint density at radius 2 is 2.14 bits per heavy atom. The van der Waals surface area contributed by atoms with Crippen LogP contribution in [0.15, 0.2) is 28.9 Å². The predicted octanol–water partition coefficient (Wildman–Crippen LogP) is 4.21.